The zero-order valence-corrected chi connectivity index (χ0v) is 8.58. The molecule has 76 valence electrons. The molecule has 1 aliphatic heterocycles. The van der Waals surface area contributed by atoms with Gasteiger partial charge in [-0.05, 0) is 18.8 Å². The lowest BCUT2D eigenvalue weighted by Gasteiger charge is -2.12. The molecule has 0 aromatic carbocycles. The van der Waals surface area contributed by atoms with Crippen LogP contribution in [-0.2, 0) is 0 Å². The fourth-order valence-electron chi connectivity index (χ4n) is 1.75. The Balaban J connectivity index is 2.27. The van der Waals surface area contributed by atoms with E-state index in [-0.39, 0.29) is 6.61 Å². The molecule has 0 aromatic rings. The van der Waals surface area contributed by atoms with Crippen LogP contribution in [0.2, 0.25) is 0 Å². The van der Waals surface area contributed by atoms with E-state index < -0.39 is 0 Å². The van der Waals surface area contributed by atoms with Gasteiger partial charge in [-0.15, -0.1) is 0 Å². The van der Waals surface area contributed by atoms with Crippen molar-refractivity contribution in [3.05, 3.63) is 0 Å². The number of rotatable bonds is 4. The van der Waals surface area contributed by atoms with Gasteiger partial charge in [0.2, 0.25) is 0 Å². The standard InChI is InChI=1S/C10H20N2O/c1-8(2)7-9-3-4-10(12-9)11-5-6-13/h8-9,13H,3-7H2,1-2H3,(H,11,12). The molecule has 0 amide bonds. The van der Waals surface area contributed by atoms with Gasteiger partial charge in [-0.2, -0.15) is 0 Å². The third-order valence-electron chi connectivity index (χ3n) is 2.26. The highest BCUT2D eigenvalue weighted by Crippen LogP contribution is 2.15. The van der Waals surface area contributed by atoms with Crippen LogP contribution in [0.3, 0.4) is 0 Å². The molecule has 0 radical (unpaired) electrons. The minimum absolute atomic E-state index is 0.153. The van der Waals surface area contributed by atoms with Crippen LogP contribution in [-0.4, -0.2) is 30.1 Å². The monoisotopic (exact) mass is 184 g/mol. The molecule has 1 rings (SSSR count). The van der Waals surface area contributed by atoms with Crippen LogP contribution in [0, 0.1) is 5.92 Å². The molecule has 1 heterocycles. The molecule has 1 atom stereocenters. The summed E-state index contributed by atoms with van der Waals surface area (Å²) < 4.78 is 0. The molecule has 2 N–H and O–H groups in total. The second-order valence-corrected chi connectivity index (χ2v) is 4.06. The van der Waals surface area contributed by atoms with Gasteiger partial charge >= 0.3 is 0 Å². The Bertz CT molecular complexity index is 178. The summed E-state index contributed by atoms with van der Waals surface area (Å²) in [6.07, 6.45) is 3.47. The van der Waals surface area contributed by atoms with Crippen molar-refractivity contribution in [1.82, 2.24) is 5.32 Å². The van der Waals surface area contributed by atoms with Gasteiger partial charge in [0.25, 0.3) is 0 Å². The summed E-state index contributed by atoms with van der Waals surface area (Å²) in [7, 11) is 0. The predicted octanol–water partition coefficient (Wildman–Crippen LogP) is 1.18. The Labute approximate surface area is 80.3 Å². The first-order valence-electron chi connectivity index (χ1n) is 5.13. The van der Waals surface area contributed by atoms with E-state index in [9.17, 15) is 0 Å². The smallest absolute Gasteiger partial charge is 0.0967 e. The summed E-state index contributed by atoms with van der Waals surface area (Å²) >= 11 is 0. The van der Waals surface area contributed by atoms with E-state index in [4.69, 9.17) is 5.11 Å². The van der Waals surface area contributed by atoms with Crippen molar-refractivity contribution in [2.45, 2.75) is 39.2 Å². The van der Waals surface area contributed by atoms with Gasteiger partial charge in [0.05, 0.1) is 19.0 Å². The maximum absolute atomic E-state index is 8.60. The fraction of sp³-hybridized carbons (Fsp3) is 0.900. The molecule has 1 aliphatic rings. The molecular formula is C10H20N2O. The molecular weight excluding hydrogens is 164 g/mol. The molecule has 0 spiro atoms. The van der Waals surface area contributed by atoms with Crippen LogP contribution in [0.1, 0.15) is 33.1 Å². The quantitative estimate of drug-likeness (QED) is 0.689. The van der Waals surface area contributed by atoms with E-state index in [2.05, 4.69) is 24.2 Å². The van der Waals surface area contributed by atoms with Gasteiger partial charge in [-0.3, -0.25) is 4.99 Å². The van der Waals surface area contributed by atoms with Crippen molar-refractivity contribution < 1.29 is 5.11 Å². The highest BCUT2D eigenvalue weighted by molar-refractivity contribution is 5.84. The average Bonchev–Trinajstić information content (AvgIpc) is 2.48. The highest BCUT2D eigenvalue weighted by atomic mass is 16.3. The zero-order valence-electron chi connectivity index (χ0n) is 8.58. The van der Waals surface area contributed by atoms with Gasteiger partial charge in [-0.25, -0.2) is 0 Å². The minimum Gasteiger partial charge on any atom is -0.394 e. The summed E-state index contributed by atoms with van der Waals surface area (Å²) in [4.78, 5) is 4.25. The van der Waals surface area contributed by atoms with E-state index >= 15 is 0 Å². The molecule has 3 nitrogen and oxygen atoms in total. The van der Waals surface area contributed by atoms with Crippen molar-refractivity contribution in [2.75, 3.05) is 13.2 Å². The fourth-order valence-corrected chi connectivity index (χ4v) is 1.75. The Morgan fingerprint density at radius 2 is 2.38 bits per heavy atom. The predicted molar refractivity (Wildman–Crippen MR) is 55.0 cm³/mol. The lowest BCUT2D eigenvalue weighted by atomic mass is 10.0. The third kappa shape index (κ3) is 3.77. The molecule has 1 saturated heterocycles. The molecule has 1 unspecified atom stereocenters. The lowest BCUT2D eigenvalue weighted by Crippen LogP contribution is -2.27. The first-order valence-corrected chi connectivity index (χ1v) is 5.13. The lowest BCUT2D eigenvalue weighted by molar-refractivity contribution is 0.306. The van der Waals surface area contributed by atoms with Crippen molar-refractivity contribution in [3.8, 4) is 0 Å². The second kappa shape index (κ2) is 5.22. The molecule has 13 heavy (non-hydrogen) atoms. The number of hydrogen-bond acceptors (Lipinski definition) is 2. The maximum atomic E-state index is 8.60. The summed E-state index contributed by atoms with van der Waals surface area (Å²) in [5.74, 6) is 1.83. The molecule has 3 heteroatoms. The zero-order chi connectivity index (χ0) is 9.68. The summed E-state index contributed by atoms with van der Waals surface area (Å²) in [6, 6.07) is 0.609. The molecule has 0 aliphatic carbocycles. The maximum Gasteiger partial charge on any atom is 0.0967 e. The average molecular weight is 184 g/mol. The normalized spacial score (nSPS) is 25.5. The molecule has 0 bridgehead atoms. The largest absolute Gasteiger partial charge is 0.394 e. The second-order valence-electron chi connectivity index (χ2n) is 4.06. The van der Waals surface area contributed by atoms with Crippen molar-refractivity contribution in [1.29, 1.82) is 0 Å². The topological polar surface area (TPSA) is 44.6 Å². The van der Waals surface area contributed by atoms with E-state index in [0.29, 0.717) is 12.6 Å². The van der Waals surface area contributed by atoms with Gasteiger partial charge in [0.1, 0.15) is 0 Å². The van der Waals surface area contributed by atoms with E-state index in [1.54, 1.807) is 0 Å². The number of aliphatic hydroxyl groups excluding tert-OH is 1. The number of aliphatic imine (C=N–C) groups is 1. The van der Waals surface area contributed by atoms with Crippen molar-refractivity contribution in [3.63, 3.8) is 0 Å². The Hall–Kier alpha value is -0.570. The number of nitrogens with one attached hydrogen (secondary N) is 1. The first-order chi connectivity index (χ1) is 6.22. The highest BCUT2D eigenvalue weighted by Gasteiger charge is 2.19. The summed E-state index contributed by atoms with van der Waals surface area (Å²) in [6.45, 7) is 5.17. The number of nitrogens with zero attached hydrogens (tertiary/aromatic N) is 1. The van der Waals surface area contributed by atoms with Crippen LogP contribution in [0.5, 0.6) is 0 Å². The number of aliphatic hydroxyl groups is 1. The van der Waals surface area contributed by atoms with Gasteiger partial charge < -0.3 is 10.4 Å². The molecule has 0 aromatic heterocycles. The van der Waals surface area contributed by atoms with Crippen LogP contribution in [0.15, 0.2) is 4.99 Å². The summed E-state index contributed by atoms with van der Waals surface area (Å²) in [5, 5.41) is 12.0. The van der Waals surface area contributed by atoms with Crippen molar-refractivity contribution in [2.24, 2.45) is 10.9 Å². The SMILES string of the molecule is CC(C)CC1CCC(=NCCO)N1. The van der Waals surface area contributed by atoms with E-state index in [1.807, 2.05) is 0 Å². The number of hydrogen-bond donors (Lipinski definition) is 2. The third-order valence-corrected chi connectivity index (χ3v) is 2.26. The van der Waals surface area contributed by atoms with Gasteiger partial charge in [0, 0.05) is 12.5 Å². The Kier molecular flexibility index (Phi) is 4.22. The van der Waals surface area contributed by atoms with Crippen LogP contribution >= 0.6 is 0 Å². The Morgan fingerprint density at radius 1 is 1.62 bits per heavy atom. The van der Waals surface area contributed by atoms with Gasteiger partial charge in [-0.1, -0.05) is 13.8 Å². The van der Waals surface area contributed by atoms with Crippen LogP contribution in [0.4, 0.5) is 0 Å². The van der Waals surface area contributed by atoms with Crippen LogP contribution < -0.4 is 5.32 Å². The first kappa shape index (κ1) is 10.5. The summed E-state index contributed by atoms with van der Waals surface area (Å²) in [5.41, 5.74) is 0. The van der Waals surface area contributed by atoms with E-state index in [1.165, 1.54) is 12.8 Å². The van der Waals surface area contributed by atoms with Crippen molar-refractivity contribution >= 4 is 5.84 Å². The molecule has 0 saturated carbocycles. The minimum atomic E-state index is 0.153. The Morgan fingerprint density at radius 3 is 3.00 bits per heavy atom. The number of amidine groups is 1. The molecule has 1 fully saturated rings. The van der Waals surface area contributed by atoms with Gasteiger partial charge in [0.15, 0.2) is 0 Å². The van der Waals surface area contributed by atoms with Crippen LogP contribution in [0.25, 0.3) is 0 Å². The van der Waals surface area contributed by atoms with E-state index in [0.717, 1.165) is 18.2 Å².